The molecule has 0 nitrogen and oxygen atoms in total. The van der Waals surface area contributed by atoms with Gasteiger partial charge in [0.2, 0.25) is 0 Å². The molecule has 0 saturated carbocycles. The van der Waals surface area contributed by atoms with E-state index in [0.717, 1.165) is 6.42 Å². The zero-order valence-corrected chi connectivity index (χ0v) is 5.00. The Bertz CT molecular complexity index is 70.3. The van der Waals surface area contributed by atoms with Crippen LogP contribution < -0.4 is 0 Å². The van der Waals surface area contributed by atoms with Crippen molar-refractivity contribution in [1.29, 1.82) is 0 Å². The number of rotatable bonds is 0. The first-order chi connectivity index (χ1) is 2.50. The SMILES string of the molecule is [BH4-].[BH4-].[BH4-].[C-]1=CC=CC1.[Ti+4]. The van der Waals surface area contributed by atoms with Gasteiger partial charge in [0, 0.05) is 0 Å². The molecular weight excluding hydrogens is 140 g/mol. The van der Waals surface area contributed by atoms with Crippen molar-refractivity contribution < 1.29 is 21.7 Å². The van der Waals surface area contributed by atoms with Crippen molar-refractivity contribution in [2.75, 3.05) is 0 Å². The van der Waals surface area contributed by atoms with E-state index in [9.17, 15) is 0 Å². The van der Waals surface area contributed by atoms with Gasteiger partial charge in [0.25, 0.3) is 0 Å². The molecule has 1 aliphatic carbocycles. The Kier molecular flexibility index (Phi) is 39.9. The van der Waals surface area contributed by atoms with Crippen LogP contribution in [-0.4, -0.2) is 25.2 Å². The summed E-state index contributed by atoms with van der Waals surface area (Å²) in [6.45, 7) is 0. The third-order valence-corrected chi connectivity index (χ3v) is 0.586. The van der Waals surface area contributed by atoms with Crippen molar-refractivity contribution in [3.8, 4) is 0 Å². The molecular formula is C5H17B3Ti. The predicted molar refractivity (Wildman–Crippen MR) is 55.6 cm³/mol. The van der Waals surface area contributed by atoms with Crippen LogP contribution in [0.25, 0.3) is 0 Å². The first-order valence-corrected chi connectivity index (χ1v) is 1.72. The molecule has 0 N–H and O–H groups in total. The van der Waals surface area contributed by atoms with Crippen LogP contribution in [0.3, 0.4) is 0 Å². The van der Waals surface area contributed by atoms with Gasteiger partial charge in [-0.2, -0.15) is 6.08 Å². The molecule has 4 heteroatoms. The van der Waals surface area contributed by atoms with Crippen molar-refractivity contribution in [2.24, 2.45) is 0 Å². The number of allylic oxidation sites excluding steroid dienone is 4. The van der Waals surface area contributed by atoms with Gasteiger partial charge < -0.3 is 0 Å². The van der Waals surface area contributed by atoms with Gasteiger partial charge in [0.05, 0.1) is 0 Å². The van der Waals surface area contributed by atoms with E-state index >= 15 is 0 Å². The van der Waals surface area contributed by atoms with E-state index in [0.29, 0.717) is 0 Å². The van der Waals surface area contributed by atoms with Crippen LogP contribution in [0.4, 0.5) is 0 Å². The maximum absolute atomic E-state index is 2.99. The first kappa shape index (κ1) is 22.8. The molecule has 0 aromatic heterocycles. The second kappa shape index (κ2) is 15.8. The molecule has 0 aliphatic heterocycles. The Hall–Kier alpha value is 0.389. The van der Waals surface area contributed by atoms with Crippen molar-refractivity contribution in [2.45, 2.75) is 6.42 Å². The van der Waals surface area contributed by atoms with Gasteiger partial charge in [0.15, 0.2) is 0 Å². The minimum atomic E-state index is 0. The summed E-state index contributed by atoms with van der Waals surface area (Å²) >= 11 is 0. The minimum Gasteiger partial charge on any atom is -0.273 e. The summed E-state index contributed by atoms with van der Waals surface area (Å²) in [5.74, 6) is 0. The molecule has 0 heterocycles. The molecule has 0 atom stereocenters. The molecule has 0 saturated heterocycles. The summed E-state index contributed by atoms with van der Waals surface area (Å²) < 4.78 is 0. The van der Waals surface area contributed by atoms with Crippen molar-refractivity contribution in [3.63, 3.8) is 0 Å². The van der Waals surface area contributed by atoms with Gasteiger partial charge in [-0.15, -0.1) is 6.42 Å². The van der Waals surface area contributed by atoms with E-state index in [-0.39, 0.29) is 47.0 Å². The van der Waals surface area contributed by atoms with Gasteiger partial charge >= 0.3 is 21.7 Å². The fraction of sp³-hybridized carbons (Fsp3) is 0.200. The molecule has 0 radical (unpaired) electrons. The van der Waals surface area contributed by atoms with E-state index < -0.39 is 0 Å². The second-order valence-electron chi connectivity index (χ2n) is 1.00. The van der Waals surface area contributed by atoms with Gasteiger partial charge in [0.1, 0.15) is 0 Å². The number of hydrogen-bond donors (Lipinski definition) is 0. The molecule has 0 aromatic carbocycles. The van der Waals surface area contributed by atoms with Crippen LogP contribution >= 0.6 is 0 Å². The van der Waals surface area contributed by atoms with Crippen molar-refractivity contribution in [3.05, 3.63) is 24.3 Å². The molecule has 0 aromatic rings. The van der Waals surface area contributed by atoms with Crippen LogP contribution in [0.2, 0.25) is 0 Å². The third-order valence-electron chi connectivity index (χ3n) is 0.586. The number of hydrogen-bond acceptors (Lipinski definition) is 0. The molecule has 1 aliphatic rings. The fourth-order valence-electron chi connectivity index (χ4n) is 0.340. The van der Waals surface area contributed by atoms with Crippen LogP contribution in [0.1, 0.15) is 6.42 Å². The van der Waals surface area contributed by atoms with Gasteiger partial charge in [-0.1, -0.05) is 25.2 Å². The second-order valence-corrected chi connectivity index (χ2v) is 1.00. The average molecular weight is 157 g/mol. The summed E-state index contributed by atoms with van der Waals surface area (Å²) in [4.78, 5) is 0. The topological polar surface area (TPSA) is 0 Å². The maximum Gasteiger partial charge on any atom is 4.00 e. The van der Waals surface area contributed by atoms with E-state index in [4.69, 9.17) is 0 Å². The molecule has 0 fully saturated rings. The standard InChI is InChI=1S/C5H5.3BH4.Ti/c1-2-4-5-3-1;;;;/h1-3H,4H2;3*1H4;/q4*-1;+4. The summed E-state index contributed by atoms with van der Waals surface area (Å²) in [6.07, 6.45) is 10.0. The summed E-state index contributed by atoms with van der Waals surface area (Å²) in [6, 6.07) is 0. The van der Waals surface area contributed by atoms with Crippen LogP contribution in [-0.2, 0) is 21.7 Å². The zero-order valence-electron chi connectivity index (χ0n) is 3.44. The van der Waals surface area contributed by atoms with Crippen LogP contribution in [0.5, 0.6) is 0 Å². The molecule has 50 valence electrons. The molecule has 0 spiro atoms. The Labute approximate surface area is 77.8 Å². The first-order valence-electron chi connectivity index (χ1n) is 1.72. The smallest absolute Gasteiger partial charge is 0.273 e. The Balaban J connectivity index is -0.0000000312. The van der Waals surface area contributed by atoms with Gasteiger partial charge in [-0.3, -0.25) is 6.08 Å². The Morgan fingerprint density at radius 2 is 1.67 bits per heavy atom. The van der Waals surface area contributed by atoms with Crippen LogP contribution in [0, 0.1) is 6.08 Å². The van der Waals surface area contributed by atoms with Crippen molar-refractivity contribution in [1.82, 2.24) is 0 Å². The summed E-state index contributed by atoms with van der Waals surface area (Å²) in [5.41, 5.74) is 0. The van der Waals surface area contributed by atoms with E-state index in [1.165, 1.54) is 0 Å². The van der Waals surface area contributed by atoms with E-state index in [2.05, 4.69) is 12.2 Å². The minimum absolute atomic E-state index is 0. The maximum atomic E-state index is 2.99. The van der Waals surface area contributed by atoms with E-state index in [1.54, 1.807) is 0 Å². The zero-order chi connectivity index (χ0) is 3.54. The average Bonchev–Trinajstić information content (AvgIpc) is 1.76. The molecule has 9 heavy (non-hydrogen) atoms. The summed E-state index contributed by atoms with van der Waals surface area (Å²) in [5, 5.41) is 0. The monoisotopic (exact) mass is 158 g/mol. The molecule has 1 rings (SSSR count). The van der Waals surface area contributed by atoms with Crippen molar-refractivity contribution >= 4 is 25.2 Å². The van der Waals surface area contributed by atoms with Gasteiger partial charge in [-0.25, -0.2) is 12.2 Å². The van der Waals surface area contributed by atoms with E-state index in [1.807, 2.05) is 12.2 Å². The fourth-order valence-corrected chi connectivity index (χ4v) is 0.340. The third kappa shape index (κ3) is 11.8. The van der Waals surface area contributed by atoms with Crippen LogP contribution in [0.15, 0.2) is 18.2 Å². The predicted octanol–water partition coefficient (Wildman–Crippen LogP) is -3.05. The Morgan fingerprint density at radius 1 is 1.11 bits per heavy atom. The summed E-state index contributed by atoms with van der Waals surface area (Å²) in [7, 11) is 0. The molecule has 0 amide bonds. The molecule has 0 bridgehead atoms. The Morgan fingerprint density at radius 3 is 1.78 bits per heavy atom. The quantitative estimate of drug-likeness (QED) is 0.259. The molecule has 0 unspecified atom stereocenters. The largest absolute Gasteiger partial charge is 4.00 e. The van der Waals surface area contributed by atoms with Gasteiger partial charge in [-0.05, 0) is 0 Å². The normalized spacial score (nSPS) is 9.78.